The average molecular weight is 305 g/mol. The number of aryl methyl sites for hydroxylation is 1. The van der Waals surface area contributed by atoms with E-state index in [1.165, 1.54) is 12.8 Å². The quantitative estimate of drug-likeness (QED) is 0.783. The van der Waals surface area contributed by atoms with Gasteiger partial charge in [-0.1, -0.05) is 0 Å². The van der Waals surface area contributed by atoms with Gasteiger partial charge in [0.1, 0.15) is 12.7 Å². The number of amides is 1. The zero-order chi connectivity index (χ0) is 14.9. The lowest BCUT2D eigenvalue weighted by Crippen LogP contribution is -2.63. The monoisotopic (exact) mass is 305 g/mol. The molecule has 3 aliphatic rings. The summed E-state index contributed by atoms with van der Waals surface area (Å²) in [5, 5.41) is 7.52. The van der Waals surface area contributed by atoms with E-state index in [1.54, 1.807) is 12.7 Å². The lowest BCUT2D eigenvalue weighted by Gasteiger charge is -2.48. The minimum atomic E-state index is 0.224. The van der Waals surface area contributed by atoms with Crippen LogP contribution in [0.4, 0.5) is 0 Å². The highest BCUT2D eigenvalue weighted by molar-refractivity contribution is 5.76. The lowest BCUT2D eigenvalue weighted by atomic mass is 10.0. The van der Waals surface area contributed by atoms with Gasteiger partial charge < -0.3 is 14.2 Å². The van der Waals surface area contributed by atoms with Crippen LogP contribution in [0.1, 0.15) is 19.3 Å². The van der Waals surface area contributed by atoms with Crippen molar-refractivity contribution in [2.75, 3.05) is 32.8 Å². The fourth-order valence-electron chi connectivity index (χ4n) is 3.71. The van der Waals surface area contributed by atoms with E-state index in [-0.39, 0.29) is 5.91 Å². The molecule has 0 radical (unpaired) electrons. The number of hydrogen-bond acceptors (Lipinski definition) is 5. The molecule has 120 valence electrons. The summed E-state index contributed by atoms with van der Waals surface area (Å²) in [5.41, 5.74) is 0. The Labute approximate surface area is 130 Å². The summed E-state index contributed by atoms with van der Waals surface area (Å²) >= 11 is 0. The minimum absolute atomic E-state index is 0.224. The molecular formula is C15H23N5O2. The number of piperazine rings is 1. The number of carbonyl (C=O) groups is 1. The van der Waals surface area contributed by atoms with Crippen LogP contribution in [-0.4, -0.2) is 75.4 Å². The average Bonchev–Trinajstić information content (AvgIpc) is 3.27. The van der Waals surface area contributed by atoms with E-state index in [0.717, 1.165) is 38.8 Å². The van der Waals surface area contributed by atoms with Crippen LogP contribution >= 0.6 is 0 Å². The Morgan fingerprint density at radius 3 is 2.77 bits per heavy atom. The molecule has 1 aromatic heterocycles. The fourth-order valence-corrected chi connectivity index (χ4v) is 3.71. The van der Waals surface area contributed by atoms with Gasteiger partial charge in [0.25, 0.3) is 0 Å². The zero-order valence-electron chi connectivity index (χ0n) is 12.8. The SMILES string of the molecule is O=C(CCn1cnnc1)N1CCN2[C@@H](COC[C@@H]2C2CC2)C1. The molecule has 7 nitrogen and oxygen atoms in total. The Kier molecular flexibility index (Phi) is 3.83. The lowest BCUT2D eigenvalue weighted by molar-refractivity contribution is -0.140. The number of fused-ring (bicyclic) bond motifs is 1. The third-order valence-corrected chi connectivity index (χ3v) is 5.12. The first-order chi connectivity index (χ1) is 10.8. The summed E-state index contributed by atoms with van der Waals surface area (Å²) in [5.74, 6) is 1.06. The van der Waals surface area contributed by atoms with Gasteiger partial charge in [0.15, 0.2) is 0 Å². The predicted octanol–water partition coefficient (Wildman–Crippen LogP) is -0.0102. The molecule has 0 spiro atoms. The van der Waals surface area contributed by atoms with Crippen LogP contribution in [0.25, 0.3) is 0 Å². The second-order valence-corrected chi connectivity index (χ2v) is 6.62. The molecule has 2 aliphatic heterocycles. The summed E-state index contributed by atoms with van der Waals surface area (Å²) in [4.78, 5) is 17.0. The molecule has 3 fully saturated rings. The van der Waals surface area contributed by atoms with Gasteiger partial charge in [0, 0.05) is 38.6 Å². The van der Waals surface area contributed by atoms with Gasteiger partial charge in [-0.15, -0.1) is 10.2 Å². The Hall–Kier alpha value is -1.47. The van der Waals surface area contributed by atoms with Crippen molar-refractivity contribution >= 4 is 5.91 Å². The molecule has 4 rings (SSSR count). The highest BCUT2D eigenvalue weighted by Crippen LogP contribution is 2.38. The highest BCUT2D eigenvalue weighted by Gasteiger charge is 2.43. The van der Waals surface area contributed by atoms with Crippen molar-refractivity contribution < 1.29 is 9.53 Å². The van der Waals surface area contributed by atoms with Gasteiger partial charge in [-0.3, -0.25) is 9.69 Å². The van der Waals surface area contributed by atoms with Gasteiger partial charge in [0.2, 0.25) is 5.91 Å². The smallest absolute Gasteiger partial charge is 0.224 e. The van der Waals surface area contributed by atoms with Gasteiger partial charge in [-0.25, -0.2) is 0 Å². The van der Waals surface area contributed by atoms with Crippen molar-refractivity contribution in [3.05, 3.63) is 12.7 Å². The first-order valence-electron chi connectivity index (χ1n) is 8.25. The molecular weight excluding hydrogens is 282 g/mol. The van der Waals surface area contributed by atoms with Crippen LogP contribution < -0.4 is 0 Å². The van der Waals surface area contributed by atoms with Crippen molar-refractivity contribution in [2.45, 2.75) is 37.9 Å². The maximum atomic E-state index is 12.4. The van der Waals surface area contributed by atoms with Crippen LogP contribution in [0.3, 0.4) is 0 Å². The van der Waals surface area contributed by atoms with E-state index in [2.05, 4.69) is 15.1 Å². The standard InChI is InChI=1S/C15H23N5O2/c21-15(3-4-18-10-16-17-11-18)19-5-6-20-13(7-19)8-22-9-14(20)12-1-2-12/h10-14H,1-9H2/t13-,14-/m1/s1. The van der Waals surface area contributed by atoms with Gasteiger partial charge in [0.05, 0.1) is 19.3 Å². The molecule has 0 unspecified atom stereocenters. The van der Waals surface area contributed by atoms with Crippen LogP contribution in [0.2, 0.25) is 0 Å². The highest BCUT2D eigenvalue weighted by atomic mass is 16.5. The minimum Gasteiger partial charge on any atom is -0.378 e. The largest absolute Gasteiger partial charge is 0.378 e. The topological polar surface area (TPSA) is 63.5 Å². The van der Waals surface area contributed by atoms with E-state index < -0.39 is 0 Å². The van der Waals surface area contributed by atoms with Gasteiger partial charge >= 0.3 is 0 Å². The van der Waals surface area contributed by atoms with E-state index in [9.17, 15) is 4.79 Å². The van der Waals surface area contributed by atoms with E-state index in [0.29, 0.717) is 25.0 Å². The normalized spacial score (nSPS) is 29.4. The number of rotatable bonds is 4. The number of aromatic nitrogens is 3. The van der Waals surface area contributed by atoms with Crippen LogP contribution in [0, 0.1) is 5.92 Å². The van der Waals surface area contributed by atoms with Crippen LogP contribution in [-0.2, 0) is 16.1 Å². The summed E-state index contributed by atoms with van der Waals surface area (Å²) in [6.45, 7) is 4.94. The molecule has 2 saturated heterocycles. The maximum Gasteiger partial charge on any atom is 0.224 e. The van der Waals surface area contributed by atoms with E-state index in [4.69, 9.17) is 4.74 Å². The molecule has 2 atom stereocenters. The summed E-state index contributed by atoms with van der Waals surface area (Å²) in [7, 11) is 0. The molecule has 3 heterocycles. The van der Waals surface area contributed by atoms with Gasteiger partial charge in [-0.2, -0.15) is 0 Å². The van der Waals surface area contributed by atoms with Gasteiger partial charge in [-0.05, 0) is 18.8 Å². The van der Waals surface area contributed by atoms with Crippen molar-refractivity contribution in [1.29, 1.82) is 0 Å². The molecule has 0 aromatic carbocycles. The summed E-state index contributed by atoms with van der Waals surface area (Å²) < 4.78 is 7.65. The number of nitrogens with zero attached hydrogens (tertiary/aromatic N) is 5. The second kappa shape index (κ2) is 5.96. The summed E-state index contributed by atoms with van der Waals surface area (Å²) in [6, 6.07) is 0.972. The first kappa shape index (κ1) is 14.1. The van der Waals surface area contributed by atoms with Crippen LogP contribution in [0.5, 0.6) is 0 Å². The molecule has 1 aromatic rings. The predicted molar refractivity (Wildman–Crippen MR) is 79.0 cm³/mol. The Morgan fingerprint density at radius 2 is 2.00 bits per heavy atom. The molecule has 1 saturated carbocycles. The van der Waals surface area contributed by atoms with Crippen molar-refractivity contribution in [3.63, 3.8) is 0 Å². The Balaban J connectivity index is 1.32. The number of morpholine rings is 1. The third kappa shape index (κ3) is 2.87. The van der Waals surface area contributed by atoms with Crippen LogP contribution in [0.15, 0.2) is 12.7 Å². The second-order valence-electron chi connectivity index (χ2n) is 6.62. The van der Waals surface area contributed by atoms with E-state index >= 15 is 0 Å². The zero-order valence-corrected chi connectivity index (χ0v) is 12.8. The summed E-state index contributed by atoms with van der Waals surface area (Å²) in [6.07, 6.45) is 6.51. The Morgan fingerprint density at radius 1 is 1.18 bits per heavy atom. The molecule has 1 amide bonds. The molecule has 0 N–H and O–H groups in total. The molecule has 22 heavy (non-hydrogen) atoms. The molecule has 0 bridgehead atoms. The number of carbonyl (C=O) groups excluding carboxylic acids is 1. The molecule has 1 aliphatic carbocycles. The first-order valence-corrected chi connectivity index (χ1v) is 8.25. The third-order valence-electron chi connectivity index (χ3n) is 5.12. The van der Waals surface area contributed by atoms with Crippen molar-refractivity contribution in [3.8, 4) is 0 Å². The molecule has 7 heteroatoms. The number of hydrogen-bond donors (Lipinski definition) is 0. The van der Waals surface area contributed by atoms with E-state index in [1.807, 2.05) is 9.47 Å². The Bertz CT molecular complexity index is 516. The fraction of sp³-hybridized carbons (Fsp3) is 0.800. The number of ether oxygens (including phenoxy) is 1. The van der Waals surface area contributed by atoms with Crippen molar-refractivity contribution in [2.24, 2.45) is 5.92 Å². The maximum absolute atomic E-state index is 12.4. The van der Waals surface area contributed by atoms with Crippen molar-refractivity contribution in [1.82, 2.24) is 24.6 Å².